The maximum absolute atomic E-state index is 6.77. The average Bonchev–Trinajstić information content (AvgIpc) is 4.02. The van der Waals surface area contributed by atoms with Crippen molar-refractivity contribution >= 4 is 86.0 Å². The van der Waals surface area contributed by atoms with Crippen molar-refractivity contribution in [1.29, 1.82) is 0 Å². The van der Waals surface area contributed by atoms with E-state index >= 15 is 0 Å². The fourth-order valence-corrected chi connectivity index (χ4v) is 10.3. The number of hydrogen-bond acceptors (Lipinski definition) is 5. The van der Waals surface area contributed by atoms with Crippen LogP contribution in [-0.4, -0.2) is 19.5 Å². The number of para-hydroxylation sites is 2. The maximum Gasteiger partial charge on any atom is 0.164 e. The number of benzene rings is 9. The van der Waals surface area contributed by atoms with Crippen LogP contribution in [0.4, 0.5) is 0 Å². The van der Waals surface area contributed by atoms with Crippen LogP contribution in [0.15, 0.2) is 199 Å². The average molecular weight is 797 g/mol. The van der Waals surface area contributed by atoms with E-state index in [0.717, 1.165) is 66.5 Å². The molecule has 0 N–H and O–H groups in total. The first-order chi connectivity index (χ1) is 30.2. The second kappa shape index (κ2) is 13.3. The monoisotopic (exact) mass is 796 g/mol. The molecule has 0 saturated heterocycles. The molecule has 61 heavy (non-hydrogen) atoms. The first kappa shape index (κ1) is 34.0. The summed E-state index contributed by atoms with van der Waals surface area (Å²) < 4.78 is 11.7. The van der Waals surface area contributed by atoms with Crippen LogP contribution in [0.25, 0.3) is 126 Å². The number of furan rings is 1. The molecule has 0 aliphatic carbocycles. The molecule has 4 heterocycles. The van der Waals surface area contributed by atoms with Gasteiger partial charge in [0.1, 0.15) is 5.58 Å². The van der Waals surface area contributed by atoms with Crippen molar-refractivity contribution in [2.24, 2.45) is 0 Å². The molecule has 6 heteroatoms. The summed E-state index contributed by atoms with van der Waals surface area (Å²) in [4.78, 5) is 15.1. The highest BCUT2D eigenvalue weighted by atomic mass is 32.1. The molecule has 4 aromatic heterocycles. The summed E-state index contributed by atoms with van der Waals surface area (Å²) in [5, 5.41) is 9.57. The van der Waals surface area contributed by atoms with E-state index in [1.165, 1.54) is 41.7 Å². The van der Waals surface area contributed by atoms with E-state index in [9.17, 15) is 0 Å². The summed E-state index contributed by atoms with van der Waals surface area (Å²) in [7, 11) is 0. The fraction of sp³-hybridized carbons (Fsp3) is 0. The molecule has 0 fully saturated rings. The van der Waals surface area contributed by atoms with Gasteiger partial charge in [0.25, 0.3) is 0 Å². The lowest BCUT2D eigenvalue weighted by Crippen LogP contribution is -2.00. The van der Waals surface area contributed by atoms with Crippen LogP contribution in [0, 0.1) is 0 Å². The lowest BCUT2D eigenvalue weighted by molar-refractivity contribution is 0.671. The predicted octanol–water partition coefficient (Wildman–Crippen LogP) is 15.1. The molecule has 9 aromatic carbocycles. The van der Waals surface area contributed by atoms with Gasteiger partial charge < -0.3 is 8.98 Å². The zero-order valence-corrected chi connectivity index (χ0v) is 33.4. The van der Waals surface area contributed by atoms with Gasteiger partial charge in [-0.05, 0) is 70.4 Å². The highest BCUT2D eigenvalue weighted by Crippen LogP contribution is 2.46. The Balaban J connectivity index is 0.908. The number of aromatic nitrogens is 4. The third kappa shape index (κ3) is 5.29. The highest BCUT2D eigenvalue weighted by molar-refractivity contribution is 7.25. The Morgan fingerprint density at radius 2 is 0.902 bits per heavy atom. The number of nitrogens with zero attached hydrogens (tertiary/aromatic N) is 4. The van der Waals surface area contributed by atoms with Gasteiger partial charge in [-0.15, -0.1) is 11.3 Å². The largest absolute Gasteiger partial charge is 0.454 e. The lowest BCUT2D eigenvalue weighted by atomic mass is 9.99. The molecule has 0 saturated carbocycles. The Labute approximate surface area is 353 Å². The smallest absolute Gasteiger partial charge is 0.164 e. The summed E-state index contributed by atoms with van der Waals surface area (Å²) in [5.41, 5.74) is 10.2. The minimum absolute atomic E-state index is 0.636. The van der Waals surface area contributed by atoms with Crippen molar-refractivity contribution in [2.75, 3.05) is 0 Å². The van der Waals surface area contributed by atoms with Gasteiger partial charge >= 0.3 is 0 Å². The normalized spacial score (nSPS) is 11.9. The molecular formula is C55H32N4OS. The molecule has 0 aliphatic heterocycles. The second-order valence-corrected chi connectivity index (χ2v) is 16.6. The first-order valence-electron chi connectivity index (χ1n) is 20.4. The van der Waals surface area contributed by atoms with Gasteiger partial charge in [-0.2, -0.15) is 0 Å². The Morgan fingerprint density at radius 1 is 0.377 bits per heavy atom. The maximum atomic E-state index is 6.77. The van der Waals surface area contributed by atoms with Crippen LogP contribution in [0.5, 0.6) is 0 Å². The lowest BCUT2D eigenvalue weighted by Gasteiger charge is -2.11. The van der Waals surface area contributed by atoms with Gasteiger partial charge in [0.05, 0.1) is 11.0 Å². The van der Waals surface area contributed by atoms with E-state index in [1.54, 1.807) is 0 Å². The topological polar surface area (TPSA) is 56.7 Å². The Kier molecular flexibility index (Phi) is 7.41. The van der Waals surface area contributed by atoms with Crippen LogP contribution in [-0.2, 0) is 0 Å². The standard InChI is InChI=1S/C55H32N4OS/c1-2-12-35(13-3-1)53-56-54(58-55(57-53)37-28-31-48-44(32-37)39-14-8-11-21-47(39)61-48)36-24-22-33(23-25-36)34-26-29-38(30-27-34)59-45-19-9-6-17-42(45)49-40-15-4-5-16-41(40)50-43-18-7-10-20-46(43)60-52(50)51(49)59/h1-32H. The molecule has 13 aromatic rings. The zero-order chi connectivity index (χ0) is 40.0. The predicted molar refractivity (Wildman–Crippen MR) is 254 cm³/mol. The van der Waals surface area contributed by atoms with E-state index in [-0.39, 0.29) is 0 Å². The van der Waals surface area contributed by atoms with Crippen molar-refractivity contribution in [3.8, 4) is 51.0 Å². The quantitative estimate of drug-likeness (QED) is 0.174. The van der Waals surface area contributed by atoms with E-state index in [4.69, 9.17) is 19.4 Å². The van der Waals surface area contributed by atoms with Crippen LogP contribution in [0.1, 0.15) is 0 Å². The van der Waals surface area contributed by atoms with Crippen molar-refractivity contribution in [3.63, 3.8) is 0 Å². The molecule has 0 aliphatic rings. The summed E-state index contributed by atoms with van der Waals surface area (Å²) >= 11 is 1.81. The Hall–Kier alpha value is -7.93. The molecule has 0 amide bonds. The Bertz CT molecular complexity index is 3860. The SMILES string of the molecule is c1ccc(-c2nc(-c3ccc(-c4ccc(-n5c6ccccc6c6c7ccccc7c7c8ccccc8oc7c65)cc4)cc3)nc(-c3ccc4sc5ccccc5c4c3)n2)cc1. The van der Waals surface area contributed by atoms with Gasteiger partial charge in [0.2, 0.25) is 0 Å². The van der Waals surface area contributed by atoms with Crippen molar-refractivity contribution < 1.29 is 4.42 Å². The Morgan fingerprint density at radius 3 is 1.66 bits per heavy atom. The second-order valence-electron chi connectivity index (χ2n) is 15.5. The van der Waals surface area contributed by atoms with Gasteiger partial charge in [0, 0.05) is 64.1 Å². The van der Waals surface area contributed by atoms with Gasteiger partial charge in [-0.25, -0.2) is 15.0 Å². The van der Waals surface area contributed by atoms with Gasteiger partial charge in [0.15, 0.2) is 23.1 Å². The molecule has 0 radical (unpaired) electrons. The number of fused-ring (bicyclic) bond motifs is 13. The molecule has 0 spiro atoms. The third-order valence-electron chi connectivity index (χ3n) is 12.1. The van der Waals surface area contributed by atoms with Crippen LogP contribution in [0.2, 0.25) is 0 Å². The van der Waals surface area contributed by atoms with Crippen LogP contribution < -0.4 is 0 Å². The van der Waals surface area contributed by atoms with Crippen molar-refractivity contribution in [2.45, 2.75) is 0 Å². The van der Waals surface area contributed by atoms with Crippen molar-refractivity contribution in [3.05, 3.63) is 194 Å². The van der Waals surface area contributed by atoms with Crippen molar-refractivity contribution in [1.82, 2.24) is 19.5 Å². The van der Waals surface area contributed by atoms with E-state index < -0.39 is 0 Å². The summed E-state index contributed by atoms with van der Waals surface area (Å²) in [6.07, 6.45) is 0. The molecule has 284 valence electrons. The molecule has 13 rings (SSSR count). The minimum Gasteiger partial charge on any atom is -0.454 e. The molecule has 0 atom stereocenters. The molecule has 0 unspecified atom stereocenters. The van der Waals surface area contributed by atoms with E-state index in [1.807, 2.05) is 47.7 Å². The highest BCUT2D eigenvalue weighted by Gasteiger charge is 2.23. The summed E-state index contributed by atoms with van der Waals surface area (Å²) in [6, 6.07) is 68.4. The van der Waals surface area contributed by atoms with Gasteiger partial charge in [-0.1, -0.05) is 146 Å². The summed E-state index contributed by atoms with van der Waals surface area (Å²) in [5.74, 6) is 1.93. The van der Waals surface area contributed by atoms with E-state index in [2.05, 4.69) is 162 Å². The summed E-state index contributed by atoms with van der Waals surface area (Å²) in [6.45, 7) is 0. The van der Waals surface area contributed by atoms with Gasteiger partial charge in [-0.3, -0.25) is 0 Å². The molecular weight excluding hydrogens is 765 g/mol. The number of rotatable bonds is 5. The fourth-order valence-electron chi connectivity index (χ4n) is 9.22. The molecule has 5 nitrogen and oxygen atoms in total. The van der Waals surface area contributed by atoms with Crippen LogP contribution in [0.3, 0.4) is 0 Å². The first-order valence-corrected chi connectivity index (χ1v) is 21.2. The third-order valence-corrected chi connectivity index (χ3v) is 13.2. The van der Waals surface area contributed by atoms with E-state index in [0.29, 0.717) is 17.5 Å². The van der Waals surface area contributed by atoms with Crippen LogP contribution >= 0.6 is 11.3 Å². The zero-order valence-electron chi connectivity index (χ0n) is 32.6. The number of hydrogen-bond donors (Lipinski definition) is 0. The number of thiophene rings is 1. The minimum atomic E-state index is 0.636. The molecule has 0 bridgehead atoms.